The Kier molecular flexibility index (Phi) is 8.49. The van der Waals surface area contributed by atoms with E-state index in [9.17, 15) is 18.0 Å². The van der Waals surface area contributed by atoms with Crippen LogP contribution in [-0.2, 0) is 14.8 Å². The predicted octanol–water partition coefficient (Wildman–Crippen LogP) is 4.52. The molecule has 0 spiro atoms. The highest BCUT2D eigenvalue weighted by atomic mass is 35.5. The number of halogens is 1. The van der Waals surface area contributed by atoms with Crippen LogP contribution in [0.25, 0.3) is 0 Å². The Labute approximate surface area is 216 Å². The first-order valence-corrected chi connectivity index (χ1v) is 13.2. The third-order valence-corrected chi connectivity index (χ3v) is 6.70. The van der Waals surface area contributed by atoms with Crippen molar-refractivity contribution >= 4 is 50.5 Å². The second-order valence-electron chi connectivity index (χ2n) is 8.29. The summed E-state index contributed by atoms with van der Waals surface area (Å²) in [5.41, 5.74) is 6.47. The summed E-state index contributed by atoms with van der Waals surface area (Å²) < 4.78 is 26.0. The molecule has 188 valence electrons. The molecule has 0 atom stereocenters. The van der Waals surface area contributed by atoms with Crippen LogP contribution in [0.5, 0.6) is 0 Å². The lowest BCUT2D eigenvalue weighted by Gasteiger charge is -2.25. The van der Waals surface area contributed by atoms with Crippen LogP contribution in [0, 0.1) is 13.8 Å². The van der Waals surface area contributed by atoms with Crippen molar-refractivity contribution in [2.75, 3.05) is 22.4 Å². The first-order valence-electron chi connectivity index (χ1n) is 11.0. The van der Waals surface area contributed by atoms with Gasteiger partial charge in [0.1, 0.15) is 6.54 Å². The average molecular weight is 527 g/mol. The minimum Gasteiger partial charge on any atom is -0.322 e. The van der Waals surface area contributed by atoms with Crippen molar-refractivity contribution in [1.82, 2.24) is 5.43 Å². The predicted molar refractivity (Wildman–Crippen MR) is 144 cm³/mol. The van der Waals surface area contributed by atoms with E-state index in [1.165, 1.54) is 0 Å². The minimum atomic E-state index is -3.72. The van der Waals surface area contributed by atoms with E-state index >= 15 is 0 Å². The molecule has 0 unspecified atom stereocenters. The summed E-state index contributed by atoms with van der Waals surface area (Å²) in [5, 5.41) is 7.39. The molecule has 36 heavy (non-hydrogen) atoms. The highest BCUT2D eigenvalue weighted by molar-refractivity contribution is 7.92. The molecule has 3 aromatic rings. The summed E-state index contributed by atoms with van der Waals surface area (Å²) in [6.45, 7) is 4.85. The molecule has 3 aromatic carbocycles. The molecule has 0 aliphatic rings. The maximum atomic E-state index is 12.6. The van der Waals surface area contributed by atoms with Crippen molar-refractivity contribution in [2.24, 2.45) is 5.10 Å². The zero-order valence-electron chi connectivity index (χ0n) is 20.4. The SMILES string of the molecule is C/C(=N/NC(=O)CN(c1c(C)cccc1C)S(C)(=O)=O)c1cccc(NC(=O)c2cccc(Cl)c2)c1. The van der Waals surface area contributed by atoms with Crippen LogP contribution in [0.1, 0.15) is 34.0 Å². The summed E-state index contributed by atoms with van der Waals surface area (Å²) in [7, 11) is -3.72. The van der Waals surface area contributed by atoms with Gasteiger partial charge in [0.05, 0.1) is 17.7 Å². The maximum absolute atomic E-state index is 12.6. The number of hydrazone groups is 1. The van der Waals surface area contributed by atoms with Gasteiger partial charge in [-0.25, -0.2) is 13.8 Å². The maximum Gasteiger partial charge on any atom is 0.260 e. The van der Waals surface area contributed by atoms with Crippen molar-refractivity contribution in [2.45, 2.75) is 20.8 Å². The lowest BCUT2D eigenvalue weighted by molar-refractivity contribution is -0.119. The second-order valence-corrected chi connectivity index (χ2v) is 10.6. The number of hydrogen-bond donors (Lipinski definition) is 2. The van der Waals surface area contributed by atoms with Crippen LogP contribution >= 0.6 is 11.6 Å². The molecule has 0 aliphatic carbocycles. The van der Waals surface area contributed by atoms with Crippen molar-refractivity contribution in [3.05, 3.63) is 94.0 Å². The summed E-state index contributed by atoms with van der Waals surface area (Å²) in [6, 6.07) is 19.0. The smallest absolute Gasteiger partial charge is 0.260 e. The van der Waals surface area contributed by atoms with Gasteiger partial charge in [0.2, 0.25) is 10.0 Å². The summed E-state index contributed by atoms with van der Waals surface area (Å²) in [4.78, 5) is 25.1. The zero-order chi connectivity index (χ0) is 26.5. The fraction of sp³-hybridized carbons (Fsp3) is 0.192. The number of hydrogen-bond acceptors (Lipinski definition) is 5. The van der Waals surface area contributed by atoms with E-state index < -0.39 is 22.5 Å². The van der Waals surface area contributed by atoms with Gasteiger partial charge in [-0.15, -0.1) is 0 Å². The molecule has 2 amide bonds. The van der Waals surface area contributed by atoms with Crippen molar-refractivity contribution in [3.8, 4) is 0 Å². The number of carbonyl (C=O) groups excluding carboxylic acids is 2. The molecule has 0 heterocycles. The molecule has 0 saturated heterocycles. The lowest BCUT2D eigenvalue weighted by atomic mass is 10.1. The Morgan fingerprint density at radius 2 is 1.56 bits per heavy atom. The number of sulfonamides is 1. The van der Waals surface area contributed by atoms with Crippen molar-refractivity contribution in [3.63, 3.8) is 0 Å². The Bertz CT molecular complexity index is 1420. The fourth-order valence-corrected chi connectivity index (χ4v) is 4.75. The topological polar surface area (TPSA) is 108 Å². The van der Waals surface area contributed by atoms with Gasteiger partial charge < -0.3 is 5.32 Å². The highest BCUT2D eigenvalue weighted by Gasteiger charge is 2.23. The van der Waals surface area contributed by atoms with E-state index in [-0.39, 0.29) is 5.91 Å². The quantitative estimate of drug-likeness (QED) is 0.332. The molecular weight excluding hydrogens is 500 g/mol. The third kappa shape index (κ3) is 6.93. The molecule has 10 heteroatoms. The number of aryl methyl sites for hydroxylation is 2. The summed E-state index contributed by atoms with van der Waals surface area (Å²) in [5.74, 6) is -0.905. The number of para-hydroxylation sites is 1. The number of anilines is 2. The number of carbonyl (C=O) groups is 2. The van der Waals surface area contributed by atoms with E-state index in [0.29, 0.717) is 33.2 Å². The molecule has 0 saturated carbocycles. The van der Waals surface area contributed by atoms with E-state index in [0.717, 1.165) is 21.7 Å². The Morgan fingerprint density at radius 3 is 2.19 bits per heavy atom. The Hall–Kier alpha value is -3.69. The fourth-order valence-electron chi connectivity index (χ4n) is 3.59. The van der Waals surface area contributed by atoms with E-state index in [1.807, 2.05) is 6.07 Å². The van der Waals surface area contributed by atoms with Gasteiger partial charge in [0.15, 0.2) is 0 Å². The minimum absolute atomic E-state index is 0.315. The first-order chi connectivity index (χ1) is 17.0. The van der Waals surface area contributed by atoms with E-state index in [2.05, 4.69) is 15.8 Å². The molecule has 0 fully saturated rings. The monoisotopic (exact) mass is 526 g/mol. The van der Waals surface area contributed by atoms with Crippen molar-refractivity contribution in [1.29, 1.82) is 0 Å². The first kappa shape index (κ1) is 26.9. The zero-order valence-corrected chi connectivity index (χ0v) is 21.9. The normalized spacial score (nSPS) is 11.6. The van der Waals surface area contributed by atoms with E-state index in [1.54, 1.807) is 81.4 Å². The Balaban J connectivity index is 1.72. The number of benzene rings is 3. The number of nitrogens with zero attached hydrogens (tertiary/aromatic N) is 2. The largest absolute Gasteiger partial charge is 0.322 e. The standard InChI is InChI=1S/C26H27ClN4O4S/c1-17-8-5-9-18(2)25(17)31(36(4,34)35)16-24(32)30-29-19(3)20-10-7-13-23(15-20)28-26(33)21-11-6-12-22(27)14-21/h5-15H,16H2,1-4H3,(H,28,33)(H,30,32)/b29-19-. The Morgan fingerprint density at radius 1 is 0.944 bits per heavy atom. The van der Waals surface area contributed by atoms with Crippen LogP contribution < -0.4 is 15.0 Å². The van der Waals surface area contributed by atoms with Crippen molar-refractivity contribution < 1.29 is 18.0 Å². The van der Waals surface area contributed by atoms with Gasteiger partial charge in [-0.2, -0.15) is 5.10 Å². The van der Waals surface area contributed by atoms with Crippen LogP contribution in [0.2, 0.25) is 5.02 Å². The van der Waals surface area contributed by atoms with Gasteiger partial charge in [-0.05, 0) is 67.8 Å². The molecule has 0 aliphatic heterocycles. The van der Waals surface area contributed by atoms with Crippen LogP contribution in [0.15, 0.2) is 71.8 Å². The third-order valence-electron chi connectivity index (χ3n) is 5.35. The molecule has 0 bridgehead atoms. The molecule has 8 nitrogen and oxygen atoms in total. The van der Waals surface area contributed by atoms with Gasteiger partial charge in [-0.3, -0.25) is 13.9 Å². The van der Waals surface area contributed by atoms with Gasteiger partial charge >= 0.3 is 0 Å². The highest BCUT2D eigenvalue weighted by Crippen LogP contribution is 2.26. The summed E-state index contributed by atoms with van der Waals surface area (Å²) in [6.07, 6.45) is 1.06. The van der Waals surface area contributed by atoms with Crippen LogP contribution in [0.3, 0.4) is 0 Å². The lowest BCUT2D eigenvalue weighted by Crippen LogP contribution is -2.40. The molecule has 0 radical (unpaired) electrons. The van der Waals surface area contributed by atoms with E-state index in [4.69, 9.17) is 11.6 Å². The second kappa shape index (κ2) is 11.4. The average Bonchev–Trinajstić information content (AvgIpc) is 2.81. The van der Waals surface area contributed by atoms with Gasteiger partial charge in [0, 0.05) is 16.3 Å². The van der Waals surface area contributed by atoms with Gasteiger partial charge in [0.25, 0.3) is 11.8 Å². The number of rotatable bonds is 8. The number of amides is 2. The molecule has 0 aromatic heterocycles. The molecule has 3 rings (SSSR count). The number of nitrogens with one attached hydrogen (secondary N) is 2. The van der Waals surface area contributed by atoms with Crippen LogP contribution in [-0.4, -0.2) is 38.7 Å². The molecular formula is C26H27ClN4O4S. The van der Waals surface area contributed by atoms with Crippen LogP contribution in [0.4, 0.5) is 11.4 Å². The molecule has 2 N–H and O–H groups in total. The summed E-state index contributed by atoms with van der Waals surface area (Å²) >= 11 is 5.96. The van der Waals surface area contributed by atoms with Gasteiger partial charge in [-0.1, -0.05) is 48.0 Å².